The van der Waals surface area contributed by atoms with Gasteiger partial charge in [-0.1, -0.05) is 54.1 Å². The Balaban J connectivity index is 0.000000202. The Morgan fingerprint density at radius 1 is 0.636 bits per heavy atom. The van der Waals surface area contributed by atoms with Crippen molar-refractivity contribution in [3.8, 4) is 33.6 Å². The minimum atomic E-state index is -0.927. The van der Waals surface area contributed by atoms with Crippen LogP contribution in [0.2, 0.25) is 0 Å². The number of halogens is 2. The van der Waals surface area contributed by atoms with Crippen LogP contribution in [0.4, 0.5) is 8.78 Å². The van der Waals surface area contributed by atoms with E-state index in [-0.39, 0.29) is 25.7 Å². The molecular formula is C28H18F2IrN2-2. The molecule has 0 saturated carbocycles. The zero-order valence-corrected chi connectivity index (χ0v) is 19.8. The van der Waals surface area contributed by atoms with Crippen molar-refractivity contribution < 1.29 is 28.9 Å². The van der Waals surface area contributed by atoms with Crippen molar-refractivity contribution in [2.75, 3.05) is 0 Å². The van der Waals surface area contributed by atoms with Gasteiger partial charge in [0.15, 0.2) is 0 Å². The molecule has 0 atom stereocenters. The van der Waals surface area contributed by atoms with E-state index in [0.717, 1.165) is 28.5 Å². The van der Waals surface area contributed by atoms with Gasteiger partial charge in [0.1, 0.15) is 0 Å². The zero-order valence-electron chi connectivity index (χ0n) is 17.4. The van der Waals surface area contributed by atoms with Gasteiger partial charge in [-0.05, 0) is 34.6 Å². The molecule has 0 spiro atoms. The quantitative estimate of drug-likeness (QED) is 0.204. The summed E-state index contributed by atoms with van der Waals surface area (Å²) in [5.41, 5.74) is 4.08. The monoisotopic (exact) mass is 613 g/mol. The average Bonchev–Trinajstić information content (AvgIpc) is 2.88. The number of pyridine rings is 2. The topological polar surface area (TPSA) is 25.8 Å². The van der Waals surface area contributed by atoms with Gasteiger partial charge >= 0.3 is 0 Å². The summed E-state index contributed by atoms with van der Waals surface area (Å²) >= 11 is 0. The number of hydrogen-bond donors (Lipinski definition) is 0. The number of rotatable bonds is 3. The van der Waals surface area contributed by atoms with Crippen LogP contribution in [-0.4, -0.2) is 9.97 Å². The third-order valence-corrected chi connectivity index (χ3v) is 4.67. The van der Waals surface area contributed by atoms with Crippen molar-refractivity contribution in [3.63, 3.8) is 0 Å². The van der Waals surface area contributed by atoms with E-state index in [9.17, 15) is 8.78 Å². The molecule has 0 aliphatic heterocycles. The van der Waals surface area contributed by atoms with E-state index in [0.29, 0.717) is 5.69 Å². The van der Waals surface area contributed by atoms with Crippen molar-refractivity contribution in [2.45, 2.75) is 0 Å². The standard InChI is InChI=1S/C17H10F2N.C11H8N.Ir/c18-15-10-4-8-14(16(15)19)17-13(9-5-11-20-17)12-6-2-1-3-7-12;1-2-6-10(7-3-1)11-8-4-5-9-12-11;/h1-7,9-11H;1-6,8-9H;/q2*-1;. The largest absolute Gasteiger partial charge is 0.305 e. The summed E-state index contributed by atoms with van der Waals surface area (Å²) in [6, 6.07) is 35.0. The number of benzene rings is 3. The van der Waals surface area contributed by atoms with Crippen molar-refractivity contribution in [1.82, 2.24) is 9.97 Å². The number of hydrogen-bond acceptors (Lipinski definition) is 2. The van der Waals surface area contributed by atoms with Crippen LogP contribution in [0, 0.1) is 23.8 Å². The summed E-state index contributed by atoms with van der Waals surface area (Å²) < 4.78 is 27.3. The maximum absolute atomic E-state index is 13.9. The van der Waals surface area contributed by atoms with E-state index >= 15 is 0 Å². The van der Waals surface area contributed by atoms with Crippen molar-refractivity contribution in [3.05, 3.63) is 133 Å². The molecular weight excluding hydrogens is 595 g/mol. The minimum Gasteiger partial charge on any atom is -0.305 e. The van der Waals surface area contributed by atoms with Gasteiger partial charge in [0.05, 0.1) is 11.6 Å². The van der Waals surface area contributed by atoms with Crippen molar-refractivity contribution in [2.24, 2.45) is 0 Å². The molecule has 2 aromatic heterocycles. The Morgan fingerprint density at radius 2 is 1.39 bits per heavy atom. The second-order valence-corrected chi connectivity index (χ2v) is 6.77. The van der Waals surface area contributed by atoms with Crippen LogP contribution in [0.5, 0.6) is 0 Å². The van der Waals surface area contributed by atoms with Crippen LogP contribution in [0.3, 0.4) is 0 Å². The van der Waals surface area contributed by atoms with Crippen LogP contribution >= 0.6 is 0 Å². The maximum atomic E-state index is 13.9. The fourth-order valence-corrected chi connectivity index (χ4v) is 3.16. The Bertz CT molecular complexity index is 1240. The summed E-state index contributed by atoms with van der Waals surface area (Å²) in [6.07, 6.45) is 3.34. The molecule has 0 N–H and O–H groups in total. The van der Waals surface area contributed by atoms with E-state index < -0.39 is 11.6 Å². The van der Waals surface area contributed by atoms with Crippen LogP contribution in [-0.2, 0) is 20.1 Å². The molecule has 3 aromatic carbocycles. The Kier molecular flexibility index (Phi) is 8.70. The minimum absolute atomic E-state index is 0. The summed E-state index contributed by atoms with van der Waals surface area (Å²) in [6.45, 7) is 0. The number of nitrogens with zero attached hydrogens (tertiary/aromatic N) is 2. The molecule has 0 fully saturated rings. The first-order valence-corrected chi connectivity index (χ1v) is 9.98. The molecule has 0 unspecified atom stereocenters. The summed E-state index contributed by atoms with van der Waals surface area (Å²) in [4.78, 5) is 8.41. The van der Waals surface area contributed by atoms with Crippen LogP contribution in [0.15, 0.2) is 109 Å². The molecule has 1 radical (unpaired) electrons. The van der Waals surface area contributed by atoms with Crippen molar-refractivity contribution >= 4 is 0 Å². The second-order valence-electron chi connectivity index (χ2n) is 6.77. The molecule has 2 nitrogen and oxygen atoms in total. The molecule has 5 aromatic rings. The fraction of sp³-hybridized carbons (Fsp3) is 0. The van der Waals surface area contributed by atoms with E-state index in [1.165, 1.54) is 6.07 Å². The average molecular weight is 613 g/mol. The van der Waals surface area contributed by atoms with Gasteiger partial charge in [0, 0.05) is 32.5 Å². The molecule has 2 heterocycles. The zero-order chi connectivity index (χ0) is 22.2. The van der Waals surface area contributed by atoms with Gasteiger partial charge in [0.25, 0.3) is 0 Å². The van der Waals surface area contributed by atoms with E-state index in [1.807, 2.05) is 78.9 Å². The smallest absolute Gasteiger partial charge is 0.0765 e. The summed E-state index contributed by atoms with van der Waals surface area (Å²) in [7, 11) is 0. The predicted octanol–water partition coefficient (Wildman–Crippen LogP) is 7.04. The first-order chi connectivity index (χ1) is 15.7. The first-order valence-electron chi connectivity index (χ1n) is 9.98. The van der Waals surface area contributed by atoms with Gasteiger partial charge in [-0.3, -0.25) is 4.39 Å². The maximum Gasteiger partial charge on any atom is 0.0765 e. The molecule has 0 aliphatic rings. The summed E-state index contributed by atoms with van der Waals surface area (Å²) in [5.74, 6) is -1.83. The van der Waals surface area contributed by atoms with E-state index in [2.05, 4.69) is 22.1 Å². The van der Waals surface area contributed by atoms with Crippen LogP contribution in [0.1, 0.15) is 0 Å². The van der Waals surface area contributed by atoms with Gasteiger partial charge in [-0.25, -0.2) is 4.39 Å². The van der Waals surface area contributed by atoms with Gasteiger partial charge in [0.2, 0.25) is 0 Å². The normalized spacial score (nSPS) is 9.88. The fourth-order valence-electron chi connectivity index (χ4n) is 3.16. The van der Waals surface area contributed by atoms with Crippen molar-refractivity contribution in [1.29, 1.82) is 0 Å². The molecule has 0 aliphatic carbocycles. The first kappa shape index (κ1) is 24.1. The molecule has 0 bridgehead atoms. The van der Waals surface area contributed by atoms with E-state index in [1.54, 1.807) is 18.5 Å². The summed E-state index contributed by atoms with van der Waals surface area (Å²) in [5, 5.41) is 0. The van der Waals surface area contributed by atoms with Gasteiger partial charge < -0.3 is 9.97 Å². The molecule has 165 valence electrons. The van der Waals surface area contributed by atoms with Gasteiger partial charge in [-0.15, -0.1) is 54.1 Å². The molecule has 33 heavy (non-hydrogen) atoms. The molecule has 5 heteroatoms. The third kappa shape index (κ3) is 6.04. The Hall–Kier alpha value is -3.53. The number of aromatic nitrogens is 2. The second kappa shape index (κ2) is 11.9. The van der Waals surface area contributed by atoms with Crippen LogP contribution in [0.25, 0.3) is 33.6 Å². The van der Waals surface area contributed by atoms with Gasteiger partial charge in [-0.2, -0.15) is 0 Å². The van der Waals surface area contributed by atoms with E-state index in [4.69, 9.17) is 0 Å². The third-order valence-electron chi connectivity index (χ3n) is 4.67. The SMILES string of the molecule is Fc1cc[c-]c(-c2ncccc2-c2ccccc2)c1F.[Ir].[c-]1ccccc1-c1ccccn1. The van der Waals surface area contributed by atoms with Crippen LogP contribution < -0.4 is 0 Å². The Labute approximate surface area is 205 Å². The molecule has 0 amide bonds. The molecule has 5 rings (SSSR count). The Morgan fingerprint density at radius 3 is 2.12 bits per heavy atom. The predicted molar refractivity (Wildman–Crippen MR) is 122 cm³/mol. The molecule has 0 saturated heterocycles.